The summed E-state index contributed by atoms with van der Waals surface area (Å²) in [5.74, 6) is 0.0193. The van der Waals surface area contributed by atoms with Crippen molar-refractivity contribution in [2.45, 2.75) is 31.7 Å². The number of likely N-dealkylation sites (tertiary alicyclic amines) is 1. The van der Waals surface area contributed by atoms with Crippen molar-refractivity contribution in [3.05, 3.63) is 57.4 Å². The summed E-state index contributed by atoms with van der Waals surface area (Å²) in [5.41, 5.74) is 7.51. The molecule has 6 rings (SSSR count). The molecule has 5 heterocycles. The fourth-order valence-electron chi connectivity index (χ4n) is 5.26. The molecule has 1 saturated heterocycles. The average Bonchev–Trinajstić information content (AvgIpc) is 3.71. The molecule has 0 saturated carbocycles. The number of halogens is 2. The molecule has 2 N–H and O–H groups in total. The van der Waals surface area contributed by atoms with Crippen LogP contribution in [0.4, 0.5) is 14.7 Å². The maximum atomic E-state index is 14.7. The van der Waals surface area contributed by atoms with Crippen LogP contribution in [0.15, 0.2) is 39.7 Å². The number of anilines is 1. The van der Waals surface area contributed by atoms with Gasteiger partial charge in [0.1, 0.15) is 10.5 Å². The zero-order valence-electron chi connectivity index (χ0n) is 22.8. The first-order valence-corrected chi connectivity index (χ1v) is 16.1. The van der Waals surface area contributed by atoms with E-state index >= 15 is 0 Å². The Hall–Kier alpha value is -3.69. The number of thiazole rings is 1. The smallest absolute Gasteiger partial charge is 0.309 e. The van der Waals surface area contributed by atoms with Crippen molar-refractivity contribution in [1.29, 1.82) is 0 Å². The van der Waals surface area contributed by atoms with Crippen LogP contribution in [0, 0.1) is 11.6 Å². The van der Waals surface area contributed by atoms with E-state index in [2.05, 4.69) is 20.0 Å². The lowest BCUT2D eigenvalue weighted by Gasteiger charge is -2.32. The van der Waals surface area contributed by atoms with E-state index in [0.29, 0.717) is 84.3 Å². The molecule has 0 aliphatic carbocycles. The summed E-state index contributed by atoms with van der Waals surface area (Å²) in [5, 5.41) is 4.38. The number of aromatic nitrogens is 5. The standard InChI is InChI=1S/C27H29F2N7O4S2/c1-42(38)13-3-12-40-21-14-17(18(28)15-19(21)29)16-5-7-34(8-6-16)9-10-35-24-22(41-27(35)37)25-31-23(20-4-2-11-39-20)33-36(25)26(30)32-24/h2,4,11,14-16H,3,5-10,12-13H2,1H3,(H2,30,32)/t42-/m0/s1. The molecule has 222 valence electrons. The van der Waals surface area contributed by atoms with Crippen LogP contribution >= 0.6 is 11.3 Å². The van der Waals surface area contributed by atoms with Gasteiger partial charge in [-0.1, -0.05) is 11.3 Å². The summed E-state index contributed by atoms with van der Waals surface area (Å²) < 4.78 is 54.8. The molecule has 42 heavy (non-hydrogen) atoms. The van der Waals surface area contributed by atoms with Crippen LogP contribution in [0.1, 0.15) is 30.7 Å². The molecule has 15 heteroatoms. The van der Waals surface area contributed by atoms with E-state index in [1.165, 1.54) is 16.8 Å². The van der Waals surface area contributed by atoms with Crippen molar-refractivity contribution in [1.82, 2.24) is 29.0 Å². The second-order valence-electron chi connectivity index (χ2n) is 10.2. The number of furan rings is 1. The van der Waals surface area contributed by atoms with Crippen LogP contribution in [0.5, 0.6) is 5.75 Å². The Morgan fingerprint density at radius 3 is 2.71 bits per heavy atom. The molecule has 0 bridgehead atoms. The third kappa shape index (κ3) is 5.68. The molecular formula is C27H29F2N7O4S2. The molecule has 1 aliphatic rings. The maximum absolute atomic E-state index is 14.7. The predicted octanol–water partition coefficient (Wildman–Crippen LogP) is 3.65. The van der Waals surface area contributed by atoms with Crippen LogP contribution in [-0.4, -0.2) is 71.5 Å². The molecule has 0 spiro atoms. The fourth-order valence-corrected chi connectivity index (χ4v) is 6.71. The highest BCUT2D eigenvalue weighted by molar-refractivity contribution is 7.84. The first-order valence-electron chi connectivity index (χ1n) is 13.5. The molecule has 0 unspecified atom stereocenters. The van der Waals surface area contributed by atoms with Gasteiger partial charge in [-0.2, -0.15) is 9.50 Å². The summed E-state index contributed by atoms with van der Waals surface area (Å²) in [7, 11) is -0.951. The van der Waals surface area contributed by atoms with Crippen LogP contribution in [-0.2, 0) is 17.3 Å². The van der Waals surface area contributed by atoms with Gasteiger partial charge >= 0.3 is 4.87 Å². The number of ether oxygens (including phenoxy) is 1. The monoisotopic (exact) mass is 617 g/mol. The van der Waals surface area contributed by atoms with Gasteiger partial charge < -0.3 is 19.8 Å². The number of benzene rings is 1. The Bertz CT molecular complexity index is 1810. The summed E-state index contributed by atoms with van der Waals surface area (Å²) in [6, 6.07) is 5.82. The fraction of sp³-hybridized carbons (Fsp3) is 0.407. The van der Waals surface area contributed by atoms with E-state index in [4.69, 9.17) is 14.9 Å². The largest absolute Gasteiger partial charge is 0.490 e. The molecule has 1 fully saturated rings. The van der Waals surface area contributed by atoms with Crippen molar-refractivity contribution < 1.29 is 22.1 Å². The van der Waals surface area contributed by atoms with Gasteiger partial charge in [-0.3, -0.25) is 13.6 Å². The molecular weight excluding hydrogens is 588 g/mol. The lowest BCUT2D eigenvalue weighted by Crippen LogP contribution is -2.36. The topological polar surface area (TPSA) is 134 Å². The summed E-state index contributed by atoms with van der Waals surface area (Å²) in [6.07, 6.45) is 5.01. The van der Waals surface area contributed by atoms with Gasteiger partial charge in [-0.25, -0.2) is 13.8 Å². The number of piperidine rings is 1. The maximum Gasteiger partial charge on any atom is 0.309 e. The second kappa shape index (κ2) is 11.9. The second-order valence-corrected chi connectivity index (χ2v) is 12.7. The van der Waals surface area contributed by atoms with Crippen molar-refractivity contribution in [2.75, 3.05) is 44.0 Å². The van der Waals surface area contributed by atoms with Crippen molar-refractivity contribution in [3.8, 4) is 17.3 Å². The normalized spacial score (nSPS) is 15.6. The molecule has 1 aromatic carbocycles. The van der Waals surface area contributed by atoms with Crippen LogP contribution in [0.3, 0.4) is 0 Å². The Balaban J connectivity index is 1.12. The van der Waals surface area contributed by atoms with Gasteiger partial charge in [-0.15, -0.1) is 5.10 Å². The number of nitrogens with two attached hydrogens (primary N) is 1. The molecule has 4 aromatic heterocycles. The van der Waals surface area contributed by atoms with Crippen molar-refractivity contribution in [3.63, 3.8) is 0 Å². The predicted molar refractivity (Wildman–Crippen MR) is 156 cm³/mol. The van der Waals surface area contributed by atoms with Crippen LogP contribution in [0.25, 0.3) is 27.6 Å². The summed E-state index contributed by atoms with van der Waals surface area (Å²) >= 11 is 1.04. The Morgan fingerprint density at radius 2 is 1.98 bits per heavy atom. The minimum absolute atomic E-state index is 0.0178. The van der Waals surface area contributed by atoms with E-state index < -0.39 is 22.4 Å². The molecule has 0 amide bonds. The van der Waals surface area contributed by atoms with E-state index in [-0.39, 0.29) is 29.1 Å². The number of hydrogen-bond donors (Lipinski definition) is 1. The van der Waals surface area contributed by atoms with Gasteiger partial charge in [-0.05, 0) is 62.0 Å². The zero-order valence-corrected chi connectivity index (χ0v) is 24.4. The van der Waals surface area contributed by atoms with Gasteiger partial charge in [0.05, 0.1) is 12.9 Å². The Labute approximate surface area is 245 Å². The molecule has 1 atom stereocenters. The highest BCUT2D eigenvalue weighted by Crippen LogP contribution is 2.34. The third-order valence-electron chi connectivity index (χ3n) is 7.41. The summed E-state index contributed by atoms with van der Waals surface area (Å²) in [6.45, 7) is 2.58. The molecule has 1 aliphatic heterocycles. The van der Waals surface area contributed by atoms with Crippen LogP contribution in [0.2, 0.25) is 0 Å². The number of nitrogen functional groups attached to an aromatic ring is 1. The van der Waals surface area contributed by atoms with E-state index in [9.17, 15) is 17.8 Å². The number of fused-ring (bicyclic) bond motifs is 3. The average molecular weight is 618 g/mol. The minimum atomic E-state index is -0.951. The highest BCUT2D eigenvalue weighted by atomic mass is 32.2. The first-order chi connectivity index (χ1) is 20.3. The molecule has 5 aromatic rings. The third-order valence-corrected chi connectivity index (χ3v) is 9.24. The van der Waals surface area contributed by atoms with Gasteiger partial charge in [0.25, 0.3) is 0 Å². The van der Waals surface area contributed by atoms with Gasteiger partial charge in [0.2, 0.25) is 11.8 Å². The SMILES string of the molecule is C[S@](=O)CCCOc1cc(C2CCN(CCn3c(=O)sc4c3nc(N)n3nc(-c5ccco5)nc43)CC2)c(F)cc1F. The number of nitrogens with zero attached hydrogens (tertiary/aromatic N) is 6. The highest BCUT2D eigenvalue weighted by Gasteiger charge is 2.26. The van der Waals surface area contributed by atoms with Crippen molar-refractivity contribution in [2.24, 2.45) is 0 Å². The minimum Gasteiger partial charge on any atom is -0.490 e. The lowest BCUT2D eigenvalue weighted by atomic mass is 9.89. The molecule has 0 radical (unpaired) electrons. The van der Waals surface area contributed by atoms with Gasteiger partial charge in [0.15, 0.2) is 28.6 Å². The van der Waals surface area contributed by atoms with E-state index in [1.54, 1.807) is 23.0 Å². The van der Waals surface area contributed by atoms with E-state index in [1.807, 2.05) is 0 Å². The Kier molecular flexibility index (Phi) is 8.05. The first kappa shape index (κ1) is 28.4. The number of hydrogen-bond acceptors (Lipinski definition) is 10. The lowest BCUT2D eigenvalue weighted by molar-refractivity contribution is 0.203. The van der Waals surface area contributed by atoms with E-state index in [0.717, 1.165) is 17.4 Å². The summed E-state index contributed by atoms with van der Waals surface area (Å²) in [4.78, 5) is 24.0. The zero-order chi connectivity index (χ0) is 29.4. The Morgan fingerprint density at radius 1 is 1.17 bits per heavy atom. The number of rotatable bonds is 10. The molecule has 11 nitrogen and oxygen atoms in total. The quantitative estimate of drug-likeness (QED) is 0.233. The van der Waals surface area contributed by atoms with Crippen molar-refractivity contribution >= 4 is 44.1 Å². The van der Waals surface area contributed by atoms with Crippen LogP contribution < -0.4 is 15.3 Å². The van der Waals surface area contributed by atoms with Gasteiger partial charge in [0, 0.05) is 42.0 Å².